The number of H-pyrrole nitrogens is 1. The van der Waals surface area contributed by atoms with Gasteiger partial charge in [-0.1, -0.05) is 0 Å². The highest BCUT2D eigenvalue weighted by Gasteiger charge is 2.29. The van der Waals surface area contributed by atoms with Crippen LogP contribution in [-0.2, 0) is 14.4 Å². The number of aliphatic hydroxyl groups excluding tert-OH is 1. The molecule has 0 fully saturated rings. The van der Waals surface area contributed by atoms with E-state index in [0.717, 1.165) is 33.4 Å². The van der Waals surface area contributed by atoms with Gasteiger partial charge < -0.3 is 31.4 Å². The molecule has 0 aliphatic carbocycles. The smallest absolute Gasteiger partial charge is 0.303 e. The fourth-order valence-electron chi connectivity index (χ4n) is 6.02. The van der Waals surface area contributed by atoms with Crippen LogP contribution in [0.5, 0.6) is 0 Å². The molecule has 12 heteroatoms. The maximum Gasteiger partial charge on any atom is 0.303 e. The number of carboxylic acid groups (broad SMARTS) is 2. The average Bonchev–Trinajstić information content (AvgIpc) is 3.71. The van der Waals surface area contributed by atoms with Crippen molar-refractivity contribution in [2.24, 2.45) is 20.7 Å². The van der Waals surface area contributed by atoms with Crippen molar-refractivity contribution in [3.05, 3.63) is 92.0 Å². The second-order valence-electron chi connectivity index (χ2n) is 12.5. The topological polar surface area (TPSA) is 203 Å². The minimum absolute atomic E-state index is 0.0912. The van der Waals surface area contributed by atoms with Crippen LogP contribution in [0.1, 0.15) is 77.3 Å². The number of aryl methyl sites for hydroxylation is 1. The van der Waals surface area contributed by atoms with Gasteiger partial charge in [-0.05, 0) is 118 Å². The predicted molar refractivity (Wildman–Crippen MR) is 186 cm³/mol. The molecule has 5 rings (SSSR count). The summed E-state index contributed by atoms with van der Waals surface area (Å²) in [6, 6.07) is 0.349. The number of hydrogen-bond donors (Lipinski definition) is 6. The van der Waals surface area contributed by atoms with E-state index in [9.17, 15) is 29.7 Å². The normalized spacial score (nSPS) is 19.5. The van der Waals surface area contributed by atoms with E-state index < -0.39 is 29.9 Å². The van der Waals surface area contributed by atoms with Gasteiger partial charge in [0.15, 0.2) is 0 Å². The second-order valence-corrected chi connectivity index (χ2v) is 12.5. The van der Waals surface area contributed by atoms with E-state index in [2.05, 4.69) is 10.3 Å². The molecule has 12 nitrogen and oxygen atoms in total. The first-order valence-electron chi connectivity index (χ1n) is 15.8. The van der Waals surface area contributed by atoms with Crippen LogP contribution in [0, 0.1) is 6.92 Å². The van der Waals surface area contributed by atoms with Gasteiger partial charge in [-0.25, -0.2) is 15.0 Å². The third kappa shape index (κ3) is 6.84. The molecule has 0 unspecified atom stereocenters. The molecule has 1 amide bonds. The highest BCUT2D eigenvalue weighted by atomic mass is 16.4. The summed E-state index contributed by atoms with van der Waals surface area (Å²) >= 11 is 0. The summed E-state index contributed by atoms with van der Waals surface area (Å²) in [5.74, 6) is -2.39. The largest absolute Gasteiger partial charge is 0.509 e. The lowest BCUT2D eigenvalue weighted by Gasteiger charge is -2.18. The summed E-state index contributed by atoms with van der Waals surface area (Å²) in [5, 5.41) is 33.4. The number of allylic oxidation sites excluding steroid dienone is 9. The fourth-order valence-corrected chi connectivity index (χ4v) is 6.02. The van der Waals surface area contributed by atoms with E-state index >= 15 is 0 Å². The quantitative estimate of drug-likeness (QED) is 0.196. The number of nitrogens with zero attached hydrogens (tertiary/aromatic N) is 3. The Hall–Kier alpha value is -5.36. The molecule has 0 saturated heterocycles. The Labute approximate surface area is 278 Å². The van der Waals surface area contributed by atoms with Crippen molar-refractivity contribution in [1.29, 1.82) is 0 Å². The highest BCUT2D eigenvalue weighted by Crippen LogP contribution is 2.37. The molecule has 7 N–H and O–H groups in total. The van der Waals surface area contributed by atoms with Crippen molar-refractivity contribution in [3.8, 4) is 0 Å². The number of aliphatic carboxylic acids is 2. The summed E-state index contributed by atoms with van der Waals surface area (Å²) in [6.07, 6.45) is 7.67. The lowest BCUT2D eigenvalue weighted by atomic mass is 9.96. The summed E-state index contributed by atoms with van der Waals surface area (Å²) in [7, 11) is 0. The number of rotatable bonds is 9. The monoisotopic (exact) mass is 652 g/mol. The molecule has 4 aliphatic heterocycles. The number of aromatic amines is 1. The summed E-state index contributed by atoms with van der Waals surface area (Å²) < 4.78 is 0. The Morgan fingerprint density at radius 3 is 2.04 bits per heavy atom. The molecule has 1 aromatic rings. The van der Waals surface area contributed by atoms with E-state index in [1.165, 1.54) is 0 Å². The number of aliphatic imine (C=N–C) groups is 3. The highest BCUT2D eigenvalue weighted by molar-refractivity contribution is 6.32. The van der Waals surface area contributed by atoms with Crippen LogP contribution >= 0.6 is 0 Å². The zero-order valence-corrected chi connectivity index (χ0v) is 27.9. The molecular formula is C36H40N6O6. The van der Waals surface area contributed by atoms with Crippen LogP contribution in [0.15, 0.2) is 90.0 Å². The third-order valence-corrected chi connectivity index (χ3v) is 8.77. The van der Waals surface area contributed by atoms with Crippen molar-refractivity contribution in [2.45, 2.75) is 79.3 Å². The molecule has 8 bridgehead atoms. The summed E-state index contributed by atoms with van der Waals surface area (Å²) in [5.41, 5.74) is 15.7. The Morgan fingerprint density at radius 2 is 1.40 bits per heavy atom. The Morgan fingerprint density at radius 1 is 0.792 bits per heavy atom. The van der Waals surface area contributed by atoms with Gasteiger partial charge in [0.2, 0.25) is 5.91 Å². The zero-order chi connectivity index (χ0) is 35.0. The molecular weight excluding hydrogens is 612 g/mol. The minimum atomic E-state index is -0.934. The maximum atomic E-state index is 12.5. The van der Waals surface area contributed by atoms with E-state index in [1.54, 1.807) is 13.8 Å². The number of amides is 1. The van der Waals surface area contributed by atoms with Gasteiger partial charge in [0.1, 0.15) is 5.76 Å². The van der Waals surface area contributed by atoms with E-state index in [-0.39, 0.29) is 31.4 Å². The van der Waals surface area contributed by atoms with Gasteiger partial charge in [-0.3, -0.25) is 14.4 Å². The van der Waals surface area contributed by atoms with Gasteiger partial charge >= 0.3 is 11.9 Å². The van der Waals surface area contributed by atoms with Crippen LogP contribution in [0.25, 0.3) is 11.6 Å². The summed E-state index contributed by atoms with van der Waals surface area (Å²) in [6.45, 7) is 10.8. The lowest BCUT2D eigenvalue weighted by molar-refractivity contribution is -0.137. The number of aromatic nitrogens is 1. The van der Waals surface area contributed by atoms with Crippen LogP contribution in [0.2, 0.25) is 0 Å². The van der Waals surface area contributed by atoms with E-state index in [1.807, 2.05) is 58.1 Å². The van der Waals surface area contributed by atoms with Gasteiger partial charge in [0.05, 0.1) is 57.6 Å². The first-order chi connectivity index (χ1) is 22.6. The number of nitrogens with two attached hydrogens (primary N) is 1. The van der Waals surface area contributed by atoms with Gasteiger partial charge in [-0.2, -0.15) is 0 Å². The van der Waals surface area contributed by atoms with E-state index in [4.69, 9.17) is 20.7 Å². The number of fused-ring (bicyclic) bond motifs is 5. The number of aliphatic hydroxyl groups is 1. The summed E-state index contributed by atoms with van der Waals surface area (Å²) in [4.78, 5) is 53.8. The number of hydrogen-bond acceptors (Lipinski definition) is 8. The van der Waals surface area contributed by atoms with Gasteiger partial charge in [0, 0.05) is 18.5 Å². The standard InChI is InChI=1S/C36H40N6O6/c1-16-12-30-33(35(47)21(6)38-36(48)20(5)37)34-17(2)11-22(39-34)13-26-18(3)23(7-9-31(43)44)28(41-26)15-29-24(8-10-32(45)46)19(4)27(42-29)14-25(16)40-30/h11-15,20-21,39,47H,7-10,37H2,1-6H3,(H,38,48)(H,43,44)(H,45,46)/t20-,21-/m0/s1. The first kappa shape index (κ1) is 34.0. The Kier molecular flexibility index (Phi) is 9.49. The van der Waals surface area contributed by atoms with Crippen molar-refractivity contribution >= 4 is 46.6 Å². The number of carbonyl (C=O) groups is 3. The molecule has 1 aromatic heterocycles. The molecule has 48 heavy (non-hydrogen) atoms. The molecule has 0 aromatic carbocycles. The van der Waals surface area contributed by atoms with E-state index in [0.29, 0.717) is 51.2 Å². The number of carboxylic acids is 2. The molecule has 0 spiro atoms. The molecule has 0 radical (unpaired) electrons. The SMILES string of the molecule is CC1=CC2=NC1=CC1=NC(=CC3=NC(=Cc4cc(C)c([nH]4)C2=C(O)[C@H](C)NC(=O)[C@H](C)N)C(C)=C3CCC(=O)O)C(CCC(=O)O)=C1C. The van der Waals surface area contributed by atoms with Crippen LogP contribution < -0.4 is 11.1 Å². The average molecular weight is 653 g/mol. The van der Waals surface area contributed by atoms with Gasteiger partial charge in [-0.15, -0.1) is 0 Å². The van der Waals surface area contributed by atoms with Crippen LogP contribution in [0.3, 0.4) is 0 Å². The van der Waals surface area contributed by atoms with Crippen LogP contribution in [0.4, 0.5) is 0 Å². The molecule has 5 heterocycles. The maximum absolute atomic E-state index is 12.5. The number of carbonyl (C=O) groups excluding carboxylic acids is 1. The molecule has 0 saturated carbocycles. The molecule has 2 atom stereocenters. The fraction of sp³-hybridized carbons (Fsp3) is 0.333. The first-order valence-corrected chi connectivity index (χ1v) is 15.8. The Balaban J connectivity index is 1.77. The Bertz CT molecular complexity index is 1950. The van der Waals surface area contributed by atoms with Crippen LogP contribution in [-0.4, -0.2) is 67.4 Å². The zero-order valence-electron chi connectivity index (χ0n) is 27.9. The van der Waals surface area contributed by atoms with Crippen molar-refractivity contribution < 1.29 is 29.7 Å². The lowest BCUT2D eigenvalue weighted by Crippen LogP contribution is -2.43. The minimum Gasteiger partial charge on any atom is -0.509 e. The van der Waals surface area contributed by atoms with Crippen molar-refractivity contribution in [2.75, 3.05) is 0 Å². The van der Waals surface area contributed by atoms with Gasteiger partial charge in [0.25, 0.3) is 0 Å². The molecule has 4 aliphatic rings. The number of nitrogens with one attached hydrogen (secondary N) is 2. The van der Waals surface area contributed by atoms with Crippen molar-refractivity contribution in [1.82, 2.24) is 10.3 Å². The second kappa shape index (κ2) is 13.4. The molecule has 250 valence electrons. The third-order valence-electron chi connectivity index (χ3n) is 8.77. The predicted octanol–water partition coefficient (Wildman–Crippen LogP) is 5.24. The van der Waals surface area contributed by atoms with Crippen molar-refractivity contribution in [3.63, 3.8) is 0 Å².